The van der Waals surface area contributed by atoms with Gasteiger partial charge in [0.05, 0.1) is 12.2 Å². The fraction of sp³-hybridized carbons (Fsp3) is 0.125. The Kier molecular flexibility index (Phi) is 4.35. The van der Waals surface area contributed by atoms with Crippen molar-refractivity contribution in [1.29, 1.82) is 0 Å². The maximum absolute atomic E-state index is 11.5. The van der Waals surface area contributed by atoms with Gasteiger partial charge in [0.1, 0.15) is 5.82 Å². The van der Waals surface area contributed by atoms with Crippen molar-refractivity contribution in [3.8, 4) is 12.3 Å². The Balaban J connectivity index is 2.11. The molecule has 1 aromatic carbocycles. The molecule has 100 valence electrons. The number of ether oxygens (including phenoxy) is 1. The van der Waals surface area contributed by atoms with Crippen LogP contribution in [-0.2, 0) is 4.74 Å². The second-order valence-corrected chi connectivity index (χ2v) is 4.00. The molecule has 4 nitrogen and oxygen atoms in total. The van der Waals surface area contributed by atoms with Gasteiger partial charge in [-0.15, -0.1) is 6.42 Å². The van der Waals surface area contributed by atoms with Crippen molar-refractivity contribution in [3.63, 3.8) is 0 Å². The molecule has 0 amide bonds. The number of benzene rings is 1. The molecule has 0 radical (unpaired) electrons. The molecule has 0 aliphatic carbocycles. The van der Waals surface area contributed by atoms with E-state index in [9.17, 15) is 4.79 Å². The summed E-state index contributed by atoms with van der Waals surface area (Å²) in [4.78, 5) is 15.7. The molecular weight excluding hydrogens is 252 g/mol. The predicted molar refractivity (Wildman–Crippen MR) is 77.9 cm³/mol. The monoisotopic (exact) mass is 266 g/mol. The van der Waals surface area contributed by atoms with E-state index in [4.69, 9.17) is 11.2 Å². The zero-order valence-electron chi connectivity index (χ0n) is 11.1. The highest BCUT2D eigenvalue weighted by molar-refractivity contribution is 5.89. The van der Waals surface area contributed by atoms with Crippen molar-refractivity contribution in [2.24, 2.45) is 0 Å². The largest absolute Gasteiger partial charge is 0.462 e. The van der Waals surface area contributed by atoms with E-state index in [-0.39, 0.29) is 5.97 Å². The Bertz CT molecular complexity index is 642. The first-order valence-electron chi connectivity index (χ1n) is 6.20. The molecule has 0 spiro atoms. The molecule has 20 heavy (non-hydrogen) atoms. The van der Waals surface area contributed by atoms with Crippen LogP contribution < -0.4 is 5.32 Å². The molecule has 1 N–H and O–H groups in total. The average molecular weight is 266 g/mol. The van der Waals surface area contributed by atoms with Crippen molar-refractivity contribution < 1.29 is 9.53 Å². The number of rotatable bonds is 4. The molecule has 1 aromatic heterocycles. The molecule has 0 saturated carbocycles. The minimum Gasteiger partial charge on any atom is -0.462 e. The van der Waals surface area contributed by atoms with Crippen LogP contribution in [0.1, 0.15) is 22.8 Å². The van der Waals surface area contributed by atoms with E-state index in [1.165, 1.54) is 6.20 Å². The lowest BCUT2D eigenvalue weighted by molar-refractivity contribution is 0.0526. The number of aromatic nitrogens is 1. The van der Waals surface area contributed by atoms with Crippen molar-refractivity contribution in [1.82, 2.24) is 4.98 Å². The van der Waals surface area contributed by atoms with Crippen LogP contribution in [-0.4, -0.2) is 17.6 Å². The molecule has 4 heteroatoms. The summed E-state index contributed by atoms with van der Waals surface area (Å²) in [5.41, 5.74) is 2.06. The van der Waals surface area contributed by atoms with Gasteiger partial charge >= 0.3 is 5.97 Å². The molecule has 0 bridgehead atoms. The molecular formula is C16H14N2O2. The SMILES string of the molecule is C#Cc1cccc(Nc2ccc(C(=O)OCC)cn2)c1. The van der Waals surface area contributed by atoms with E-state index in [1.54, 1.807) is 19.1 Å². The summed E-state index contributed by atoms with van der Waals surface area (Å²) in [6.45, 7) is 2.11. The predicted octanol–water partition coefficient (Wildman–Crippen LogP) is 2.98. The van der Waals surface area contributed by atoms with Crippen molar-refractivity contribution >= 4 is 17.5 Å². The Hall–Kier alpha value is -2.80. The maximum Gasteiger partial charge on any atom is 0.339 e. The third-order valence-corrected chi connectivity index (χ3v) is 2.58. The minimum absolute atomic E-state index is 0.345. The number of hydrogen-bond acceptors (Lipinski definition) is 4. The van der Waals surface area contributed by atoms with Gasteiger partial charge in [0.15, 0.2) is 0 Å². The lowest BCUT2D eigenvalue weighted by atomic mass is 10.2. The summed E-state index contributed by atoms with van der Waals surface area (Å²) in [5, 5.41) is 3.12. The highest BCUT2D eigenvalue weighted by Crippen LogP contribution is 2.16. The lowest BCUT2D eigenvalue weighted by Gasteiger charge is -2.07. The number of terminal acetylenes is 1. The Morgan fingerprint density at radius 2 is 2.25 bits per heavy atom. The van der Waals surface area contributed by atoms with E-state index in [2.05, 4.69) is 16.2 Å². The van der Waals surface area contributed by atoms with Gasteiger partial charge < -0.3 is 10.1 Å². The highest BCUT2D eigenvalue weighted by Gasteiger charge is 2.06. The number of carbonyl (C=O) groups excluding carboxylic acids is 1. The van der Waals surface area contributed by atoms with Crippen LogP contribution in [0.25, 0.3) is 0 Å². The first-order chi connectivity index (χ1) is 9.72. The zero-order chi connectivity index (χ0) is 14.4. The normalized spacial score (nSPS) is 9.60. The number of pyridine rings is 1. The van der Waals surface area contributed by atoms with Crippen LogP contribution in [0.4, 0.5) is 11.5 Å². The summed E-state index contributed by atoms with van der Waals surface area (Å²) in [6, 6.07) is 10.8. The summed E-state index contributed by atoms with van der Waals surface area (Å²) >= 11 is 0. The van der Waals surface area contributed by atoms with Crippen molar-refractivity contribution in [2.45, 2.75) is 6.92 Å². The first-order valence-corrected chi connectivity index (χ1v) is 6.20. The van der Waals surface area contributed by atoms with E-state index in [0.717, 1.165) is 11.3 Å². The molecule has 2 rings (SSSR count). The minimum atomic E-state index is -0.374. The van der Waals surface area contributed by atoms with Gasteiger partial charge in [-0.05, 0) is 37.3 Å². The maximum atomic E-state index is 11.5. The third kappa shape index (κ3) is 3.36. The van der Waals surface area contributed by atoms with Gasteiger partial charge in [0.2, 0.25) is 0 Å². The molecule has 0 unspecified atom stereocenters. The number of hydrogen-bond donors (Lipinski definition) is 1. The van der Waals surface area contributed by atoms with Crippen LogP contribution in [0.3, 0.4) is 0 Å². The summed E-state index contributed by atoms with van der Waals surface area (Å²) in [7, 11) is 0. The molecule has 2 aromatic rings. The second-order valence-electron chi connectivity index (χ2n) is 4.00. The smallest absolute Gasteiger partial charge is 0.339 e. The van der Waals surface area contributed by atoms with Gasteiger partial charge in [-0.2, -0.15) is 0 Å². The van der Waals surface area contributed by atoms with Crippen LogP contribution >= 0.6 is 0 Å². The quantitative estimate of drug-likeness (QED) is 0.682. The number of nitrogens with one attached hydrogen (secondary N) is 1. The van der Waals surface area contributed by atoms with Gasteiger partial charge in [0, 0.05) is 17.4 Å². The lowest BCUT2D eigenvalue weighted by Crippen LogP contribution is -2.05. The van der Waals surface area contributed by atoms with E-state index >= 15 is 0 Å². The number of nitrogens with zero attached hydrogens (tertiary/aromatic N) is 1. The molecule has 0 aliphatic heterocycles. The van der Waals surface area contributed by atoms with Gasteiger partial charge in [-0.3, -0.25) is 0 Å². The Labute approximate surface area is 117 Å². The van der Waals surface area contributed by atoms with Crippen molar-refractivity contribution in [2.75, 3.05) is 11.9 Å². The molecule has 0 fully saturated rings. The van der Waals surface area contributed by atoms with Crippen molar-refractivity contribution in [3.05, 3.63) is 53.7 Å². The summed E-state index contributed by atoms with van der Waals surface area (Å²) in [6.07, 6.45) is 6.83. The zero-order valence-corrected chi connectivity index (χ0v) is 11.1. The Morgan fingerprint density at radius 3 is 2.90 bits per heavy atom. The van der Waals surface area contributed by atoms with E-state index in [0.29, 0.717) is 18.0 Å². The Morgan fingerprint density at radius 1 is 1.40 bits per heavy atom. The average Bonchev–Trinajstić information content (AvgIpc) is 2.48. The van der Waals surface area contributed by atoms with Crippen LogP contribution in [0.5, 0.6) is 0 Å². The first kappa shape index (κ1) is 13.6. The molecule has 0 aliphatic rings. The van der Waals surface area contributed by atoms with Gasteiger partial charge in [-0.25, -0.2) is 9.78 Å². The number of anilines is 2. The third-order valence-electron chi connectivity index (χ3n) is 2.58. The molecule has 1 heterocycles. The van der Waals surface area contributed by atoms with Gasteiger partial charge in [-0.1, -0.05) is 12.0 Å². The number of esters is 1. The standard InChI is InChI=1S/C16H14N2O2/c1-3-12-6-5-7-14(10-12)18-15-9-8-13(11-17-15)16(19)20-4-2/h1,5-11H,4H2,2H3,(H,17,18). The highest BCUT2D eigenvalue weighted by atomic mass is 16.5. The summed E-state index contributed by atoms with van der Waals surface area (Å²) in [5.74, 6) is 2.83. The van der Waals surface area contributed by atoms with Crippen LogP contribution in [0, 0.1) is 12.3 Å². The van der Waals surface area contributed by atoms with E-state index in [1.807, 2.05) is 24.3 Å². The molecule has 0 atom stereocenters. The fourth-order valence-electron chi connectivity index (χ4n) is 1.64. The van der Waals surface area contributed by atoms with E-state index < -0.39 is 0 Å². The van der Waals surface area contributed by atoms with Crippen LogP contribution in [0.2, 0.25) is 0 Å². The second kappa shape index (κ2) is 6.39. The molecule has 0 saturated heterocycles. The topological polar surface area (TPSA) is 51.2 Å². The summed E-state index contributed by atoms with van der Waals surface area (Å²) < 4.78 is 4.89. The fourth-order valence-corrected chi connectivity index (χ4v) is 1.64. The van der Waals surface area contributed by atoms with Crippen LogP contribution in [0.15, 0.2) is 42.6 Å². The number of carbonyl (C=O) groups is 1. The van der Waals surface area contributed by atoms with Gasteiger partial charge in [0.25, 0.3) is 0 Å².